The molecule has 1 fully saturated rings. The molecular formula is C17H24FN5O2S. The van der Waals surface area contributed by atoms with E-state index in [2.05, 4.69) is 28.8 Å². The number of anilines is 1. The van der Waals surface area contributed by atoms with E-state index in [1.54, 1.807) is 6.33 Å². The topological polar surface area (TPSA) is 80.1 Å². The lowest BCUT2D eigenvalue weighted by molar-refractivity contribution is 0.451. The minimum Gasteiger partial charge on any atom is -0.368 e. The quantitative estimate of drug-likeness (QED) is 0.860. The van der Waals surface area contributed by atoms with Crippen molar-refractivity contribution >= 4 is 15.7 Å². The molecule has 7 nitrogen and oxygen atoms in total. The lowest BCUT2D eigenvalue weighted by atomic mass is 9.96. The molecule has 1 N–H and O–H groups in total. The number of benzene rings is 1. The van der Waals surface area contributed by atoms with Crippen molar-refractivity contribution in [3.8, 4) is 0 Å². The van der Waals surface area contributed by atoms with Crippen molar-refractivity contribution in [2.24, 2.45) is 0 Å². The molecule has 0 aliphatic carbocycles. The summed E-state index contributed by atoms with van der Waals surface area (Å²) in [6.07, 6.45) is 3.61. The van der Waals surface area contributed by atoms with Gasteiger partial charge in [-0.2, -0.15) is 0 Å². The molecule has 9 heteroatoms. The SMILES string of the molecule is CNS(=O)(=O)c1ccc(N2CCCC(c3nncn3C(C)C)C2)c(F)c1. The van der Waals surface area contributed by atoms with E-state index in [0.717, 1.165) is 31.3 Å². The molecule has 1 aromatic heterocycles. The van der Waals surface area contributed by atoms with Crippen LogP contribution < -0.4 is 9.62 Å². The fourth-order valence-electron chi connectivity index (χ4n) is 3.38. The zero-order valence-electron chi connectivity index (χ0n) is 15.2. The molecule has 26 heavy (non-hydrogen) atoms. The van der Waals surface area contributed by atoms with Crippen LogP contribution in [0.5, 0.6) is 0 Å². The van der Waals surface area contributed by atoms with Gasteiger partial charge in [-0.15, -0.1) is 10.2 Å². The van der Waals surface area contributed by atoms with Gasteiger partial charge in [0.15, 0.2) is 0 Å². The largest absolute Gasteiger partial charge is 0.368 e. The Kier molecular flexibility index (Phi) is 5.29. The summed E-state index contributed by atoms with van der Waals surface area (Å²) < 4.78 is 42.5. The summed E-state index contributed by atoms with van der Waals surface area (Å²) in [7, 11) is -2.35. The molecule has 0 bridgehead atoms. The van der Waals surface area contributed by atoms with Crippen molar-refractivity contribution in [3.05, 3.63) is 36.2 Å². The van der Waals surface area contributed by atoms with Crippen molar-refractivity contribution in [1.29, 1.82) is 0 Å². The van der Waals surface area contributed by atoms with Gasteiger partial charge in [0, 0.05) is 25.0 Å². The minimum atomic E-state index is -3.66. The Morgan fingerprint density at radius 1 is 1.35 bits per heavy atom. The molecule has 3 rings (SSSR count). The summed E-state index contributed by atoms with van der Waals surface area (Å²) in [6.45, 7) is 5.50. The van der Waals surface area contributed by atoms with E-state index in [0.29, 0.717) is 12.2 Å². The second-order valence-electron chi connectivity index (χ2n) is 6.80. The first kappa shape index (κ1) is 18.8. The van der Waals surface area contributed by atoms with E-state index in [1.807, 2.05) is 9.47 Å². The van der Waals surface area contributed by atoms with E-state index < -0.39 is 15.8 Å². The summed E-state index contributed by atoms with van der Waals surface area (Å²) in [5.74, 6) is 0.542. The molecule has 1 aliphatic rings. The maximum Gasteiger partial charge on any atom is 0.240 e. The molecule has 0 saturated carbocycles. The first-order chi connectivity index (χ1) is 12.3. The fraction of sp³-hybridized carbons (Fsp3) is 0.529. The van der Waals surface area contributed by atoms with Gasteiger partial charge >= 0.3 is 0 Å². The average Bonchev–Trinajstić information content (AvgIpc) is 3.12. The van der Waals surface area contributed by atoms with Crippen LogP contribution in [0, 0.1) is 5.82 Å². The van der Waals surface area contributed by atoms with Crippen molar-refractivity contribution in [2.45, 2.75) is 43.5 Å². The molecule has 0 spiro atoms. The van der Waals surface area contributed by atoms with Crippen LogP contribution >= 0.6 is 0 Å². The van der Waals surface area contributed by atoms with Gasteiger partial charge in [0.25, 0.3) is 0 Å². The van der Waals surface area contributed by atoms with Gasteiger partial charge in [0.2, 0.25) is 10.0 Å². The maximum absolute atomic E-state index is 14.6. The number of nitrogens with zero attached hydrogens (tertiary/aromatic N) is 4. The van der Waals surface area contributed by atoms with E-state index >= 15 is 0 Å². The van der Waals surface area contributed by atoms with Crippen molar-refractivity contribution in [2.75, 3.05) is 25.0 Å². The van der Waals surface area contributed by atoms with E-state index in [9.17, 15) is 12.8 Å². The van der Waals surface area contributed by atoms with Crippen molar-refractivity contribution in [3.63, 3.8) is 0 Å². The number of aromatic nitrogens is 3. The van der Waals surface area contributed by atoms with Crippen LogP contribution in [-0.4, -0.2) is 43.3 Å². The van der Waals surface area contributed by atoms with E-state index in [4.69, 9.17) is 0 Å². The third-order valence-electron chi connectivity index (χ3n) is 4.78. The lowest BCUT2D eigenvalue weighted by Gasteiger charge is -2.34. The zero-order chi connectivity index (χ0) is 18.9. The van der Waals surface area contributed by atoms with Crippen LogP contribution in [0.15, 0.2) is 29.4 Å². The molecule has 1 atom stereocenters. The molecule has 1 aliphatic heterocycles. The predicted molar refractivity (Wildman–Crippen MR) is 97.2 cm³/mol. The van der Waals surface area contributed by atoms with Crippen LogP contribution in [0.25, 0.3) is 0 Å². The van der Waals surface area contributed by atoms with Crippen molar-refractivity contribution < 1.29 is 12.8 Å². The average molecular weight is 381 g/mol. The van der Waals surface area contributed by atoms with Gasteiger partial charge in [-0.25, -0.2) is 17.5 Å². The number of hydrogen-bond acceptors (Lipinski definition) is 5. The Hall–Kier alpha value is -2.00. The summed E-state index contributed by atoms with van der Waals surface area (Å²) in [5, 5.41) is 8.30. The molecule has 2 heterocycles. The van der Waals surface area contributed by atoms with Gasteiger partial charge in [-0.3, -0.25) is 0 Å². The zero-order valence-corrected chi connectivity index (χ0v) is 16.0. The number of halogens is 1. The summed E-state index contributed by atoms with van der Waals surface area (Å²) in [4.78, 5) is 1.88. The normalized spacial score (nSPS) is 18.5. The summed E-state index contributed by atoms with van der Waals surface area (Å²) >= 11 is 0. The Morgan fingerprint density at radius 3 is 2.77 bits per heavy atom. The number of sulfonamides is 1. The smallest absolute Gasteiger partial charge is 0.240 e. The highest BCUT2D eigenvalue weighted by atomic mass is 32.2. The van der Waals surface area contributed by atoms with Gasteiger partial charge in [-0.1, -0.05) is 0 Å². The number of rotatable bonds is 5. The highest BCUT2D eigenvalue weighted by Crippen LogP contribution is 2.32. The van der Waals surface area contributed by atoms with E-state index in [1.165, 1.54) is 19.2 Å². The Balaban J connectivity index is 1.85. The summed E-state index contributed by atoms with van der Waals surface area (Å²) in [6, 6.07) is 4.30. The molecule has 0 radical (unpaired) electrons. The standard InChI is InChI=1S/C17H24FN5O2S/c1-12(2)23-11-20-21-17(23)13-5-4-8-22(10-13)16-7-6-14(9-15(16)18)26(24,25)19-3/h6-7,9,11-13,19H,4-5,8,10H2,1-3H3. The van der Waals surface area contributed by atoms with Gasteiger partial charge < -0.3 is 9.47 Å². The highest BCUT2D eigenvalue weighted by molar-refractivity contribution is 7.89. The third-order valence-corrected chi connectivity index (χ3v) is 6.19. The Bertz CT molecular complexity index is 881. The van der Waals surface area contributed by atoms with Crippen LogP contribution in [0.4, 0.5) is 10.1 Å². The molecule has 142 valence electrons. The third kappa shape index (κ3) is 3.59. The fourth-order valence-corrected chi connectivity index (χ4v) is 4.12. The Morgan fingerprint density at radius 2 is 2.12 bits per heavy atom. The first-order valence-electron chi connectivity index (χ1n) is 8.71. The van der Waals surface area contributed by atoms with Crippen LogP contribution in [0.2, 0.25) is 0 Å². The number of piperidine rings is 1. The monoisotopic (exact) mass is 381 g/mol. The maximum atomic E-state index is 14.6. The van der Waals surface area contributed by atoms with Gasteiger partial charge in [0.1, 0.15) is 18.0 Å². The molecular weight excluding hydrogens is 357 g/mol. The van der Waals surface area contributed by atoms with Crippen LogP contribution in [0.3, 0.4) is 0 Å². The highest BCUT2D eigenvalue weighted by Gasteiger charge is 2.27. The predicted octanol–water partition coefficient (Wildman–Crippen LogP) is 2.29. The second kappa shape index (κ2) is 7.32. The number of hydrogen-bond donors (Lipinski definition) is 1. The minimum absolute atomic E-state index is 0.0747. The molecule has 2 aromatic rings. The van der Waals surface area contributed by atoms with Crippen LogP contribution in [0.1, 0.15) is 44.5 Å². The van der Waals surface area contributed by atoms with E-state index in [-0.39, 0.29) is 16.9 Å². The van der Waals surface area contributed by atoms with Gasteiger partial charge in [-0.05, 0) is 51.9 Å². The number of nitrogens with one attached hydrogen (secondary N) is 1. The van der Waals surface area contributed by atoms with Crippen LogP contribution in [-0.2, 0) is 10.0 Å². The molecule has 1 unspecified atom stereocenters. The Labute approximate surface area is 153 Å². The second-order valence-corrected chi connectivity index (χ2v) is 8.68. The van der Waals surface area contributed by atoms with Crippen molar-refractivity contribution in [1.82, 2.24) is 19.5 Å². The molecule has 1 aromatic carbocycles. The lowest BCUT2D eigenvalue weighted by Crippen LogP contribution is -2.36. The van der Waals surface area contributed by atoms with Gasteiger partial charge in [0.05, 0.1) is 10.6 Å². The summed E-state index contributed by atoms with van der Waals surface area (Å²) in [5.41, 5.74) is 0.417. The molecule has 0 amide bonds. The first-order valence-corrected chi connectivity index (χ1v) is 10.2. The molecule has 1 saturated heterocycles.